The van der Waals surface area contributed by atoms with Crippen LogP contribution in [-0.4, -0.2) is 29.6 Å². The standard InChI is InChI=1S/C12H14BrNO4/c1-3-14-11(15)7(2)18-10-6-8(13)4-5-9(10)12(16)17/h4-7H,3H2,1-2H3,(H,14,15)(H,16,17). The molecular weight excluding hydrogens is 302 g/mol. The van der Waals surface area contributed by atoms with Gasteiger partial charge in [0.2, 0.25) is 0 Å². The molecule has 0 radical (unpaired) electrons. The second-order valence-electron chi connectivity index (χ2n) is 3.60. The number of amides is 1. The minimum absolute atomic E-state index is 0.0225. The highest BCUT2D eigenvalue weighted by atomic mass is 79.9. The van der Waals surface area contributed by atoms with Gasteiger partial charge >= 0.3 is 5.97 Å². The van der Waals surface area contributed by atoms with Gasteiger partial charge in [0, 0.05) is 11.0 Å². The summed E-state index contributed by atoms with van der Waals surface area (Å²) in [6.07, 6.45) is -0.752. The summed E-state index contributed by atoms with van der Waals surface area (Å²) in [6, 6.07) is 4.55. The summed E-state index contributed by atoms with van der Waals surface area (Å²) in [5.41, 5.74) is 0.0225. The normalized spacial score (nSPS) is 11.7. The molecule has 0 aromatic heterocycles. The predicted molar refractivity (Wildman–Crippen MR) is 69.9 cm³/mol. The first-order valence-electron chi connectivity index (χ1n) is 5.43. The van der Waals surface area contributed by atoms with Crippen LogP contribution in [0.1, 0.15) is 24.2 Å². The Labute approximate surface area is 113 Å². The van der Waals surface area contributed by atoms with Gasteiger partial charge in [0.05, 0.1) is 0 Å². The molecule has 98 valence electrons. The molecule has 0 aliphatic rings. The van der Waals surface area contributed by atoms with Crippen LogP contribution in [0.3, 0.4) is 0 Å². The Morgan fingerprint density at radius 3 is 2.72 bits per heavy atom. The lowest BCUT2D eigenvalue weighted by Gasteiger charge is -2.15. The fourth-order valence-corrected chi connectivity index (χ4v) is 1.67. The monoisotopic (exact) mass is 315 g/mol. The molecule has 1 atom stereocenters. The lowest BCUT2D eigenvalue weighted by molar-refractivity contribution is -0.127. The maximum absolute atomic E-state index is 11.5. The van der Waals surface area contributed by atoms with E-state index in [1.54, 1.807) is 19.9 Å². The molecule has 1 amide bonds. The Kier molecular flexibility index (Phi) is 5.15. The Hall–Kier alpha value is -1.56. The quantitative estimate of drug-likeness (QED) is 0.872. The molecule has 18 heavy (non-hydrogen) atoms. The maximum atomic E-state index is 11.5. The smallest absolute Gasteiger partial charge is 0.339 e. The highest BCUT2D eigenvalue weighted by Crippen LogP contribution is 2.24. The van der Waals surface area contributed by atoms with Crippen LogP contribution in [0.5, 0.6) is 5.75 Å². The molecule has 2 N–H and O–H groups in total. The van der Waals surface area contributed by atoms with Crippen molar-refractivity contribution in [3.8, 4) is 5.75 Å². The first-order chi connectivity index (χ1) is 8.45. The minimum atomic E-state index is -1.10. The van der Waals surface area contributed by atoms with E-state index in [1.807, 2.05) is 0 Å². The van der Waals surface area contributed by atoms with Crippen LogP contribution in [0.15, 0.2) is 22.7 Å². The average Bonchev–Trinajstić information content (AvgIpc) is 2.28. The third-order valence-electron chi connectivity index (χ3n) is 2.20. The number of ether oxygens (including phenoxy) is 1. The van der Waals surface area contributed by atoms with Crippen LogP contribution in [0.2, 0.25) is 0 Å². The number of rotatable bonds is 5. The van der Waals surface area contributed by atoms with E-state index in [9.17, 15) is 9.59 Å². The van der Waals surface area contributed by atoms with Crippen LogP contribution in [0.25, 0.3) is 0 Å². The number of hydrogen-bond acceptors (Lipinski definition) is 3. The second-order valence-corrected chi connectivity index (χ2v) is 4.52. The van der Waals surface area contributed by atoms with Gasteiger partial charge in [-0.2, -0.15) is 0 Å². The van der Waals surface area contributed by atoms with Gasteiger partial charge in [-0.25, -0.2) is 4.79 Å². The van der Waals surface area contributed by atoms with E-state index in [4.69, 9.17) is 9.84 Å². The van der Waals surface area contributed by atoms with Crippen LogP contribution in [0, 0.1) is 0 Å². The molecule has 0 heterocycles. The zero-order valence-electron chi connectivity index (χ0n) is 10.1. The molecule has 6 heteroatoms. The number of halogens is 1. The molecule has 0 saturated carbocycles. The van der Waals surface area contributed by atoms with Crippen LogP contribution in [-0.2, 0) is 4.79 Å². The Balaban J connectivity index is 2.92. The van der Waals surface area contributed by atoms with E-state index in [0.29, 0.717) is 11.0 Å². The number of carbonyl (C=O) groups excluding carboxylic acids is 1. The molecule has 0 saturated heterocycles. The van der Waals surface area contributed by atoms with Gasteiger partial charge in [0.25, 0.3) is 5.91 Å². The maximum Gasteiger partial charge on any atom is 0.339 e. The molecule has 0 bridgehead atoms. The number of carbonyl (C=O) groups is 2. The molecule has 0 spiro atoms. The lowest BCUT2D eigenvalue weighted by atomic mass is 10.2. The third kappa shape index (κ3) is 3.73. The van der Waals surface area contributed by atoms with E-state index < -0.39 is 12.1 Å². The highest BCUT2D eigenvalue weighted by Gasteiger charge is 2.18. The van der Waals surface area contributed by atoms with Crippen LogP contribution < -0.4 is 10.1 Å². The van der Waals surface area contributed by atoms with Crippen LogP contribution >= 0.6 is 15.9 Å². The van der Waals surface area contributed by atoms with E-state index in [1.165, 1.54) is 12.1 Å². The minimum Gasteiger partial charge on any atom is -0.480 e. The Morgan fingerprint density at radius 2 is 2.17 bits per heavy atom. The SMILES string of the molecule is CCNC(=O)C(C)Oc1cc(Br)ccc1C(=O)O. The number of carboxylic acids is 1. The van der Waals surface area contributed by atoms with Crippen molar-refractivity contribution in [1.29, 1.82) is 0 Å². The Morgan fingerprint density at radius 1 is 1.50 bits per heavy atom. The van der Waals surface area contributed by atoms with E-state index in [2.05, 4.69) is 21.2 Å². The van der Waals surface area contributed by atoms with Gasteiger partial charge in [-0.15, -0.1) is 0 Å². The van der Waals surface area contributed by atoms with Crippen LogP contribution in [0.4, 0.5) is 0 Å². The zero-order valence-corrected chi connectivity index (χ0v) is 11.7. The van der Waals surface area contributed by atoms with Gasteiger partial charge < -0.3 is 15.2 Å². The number of aromatic carboxylic acids is 1. The fraction of sp³-hybridized carbons (Fsp3) is 0.333. The van der Waals surface area contributed by atoms with Crippen molar-refractivity contribution in [3.05, 3.63) is 28.2 Å². The number of likely N-dealkylation sites (N-methyl/N-ethyl adjacent to an activating group) is 1. The largest absolute Gasteiger partial charge is 0.480 e. The lowest BCUT2D eigenvalue weighted by Crippen LogP contribution is -2.36. The molecule has 1 aromatic rings. The molecule has 1 rings (SSSR count). The molecule has 0 fully saturated rings. The Bertz CT molecular complexity index is 461. The number of hydrogen-bond donors (Lipinski definition) is 2. The fourth-order valence-electron chi connectivity index (χ4n) is 1.33. The molecule has 0 aliphatic carbocycles. The molecule has 0 aliphatic heterocycles. The summed E-state index contributed by atoms with van der Waals surface area (Å²) in [5.74, 6) is -1.22. The molecular formula is C12H14BrNO4. The van der Waals surface area contributed by atoms with E-state index >= 15 is 0 Å². The zero-order chi connectivity index (χ0) is 13.7. The summed E-state index contributed by atoms with van der Waals surface area (Å²) in [6.45, 7) is 3.86. The molecule has 1 unspecified atom stereocenters. The van der Waals surface area contributed by atoms with Gasteiger partial charge in [-0.1, -0.05) is 15.9 Å². The van der Waals surface area contributed by atoms with Gasteiger partial charge in [-0.3, -0.25) is 4.79 Å². The van der Waals surface area contributed by atoms with Crippen molar-refractivity contribution >= 4 is 27.8 Å². The van der Waals surface area contributed by atoms with E-state index in [-0.39, 0.29) is 17.2 Å². The van der Waals surface area contributed by atoms with Crippen molar-refractivity contribution in [1.82, 2.24) is 5.32 Å². The average molecular weight is 316 g/mol. The molecule has 1 aromatic carbocycles. The first kappa shape index (κ1) is 14.5. The second kappa shape index (κ2) is 6.39. The molecule has 5 nitrogen and oxygen atoms in total. The van der Waals surface area contributed by atoms with Crippen molar-refractivity contribution in [2.75, 3.05) is 6.54 Å². The number of benzene rings is 1. The first-order valence-corrected chi connectivity index (χ1v) is 6.22. The number of carboxylic acid groups (broad SMARTS) is 1. The third-order valence-corrected chi connectivity index (χ3v) is 2.69. The van der Waals surface area contributed by atoms with E-state index in [0.717, 1.165) is 0 Å². The predicted octanol–water partition coefficient (Wildman–Crippen LogP) is 2.05. The number of nitrogens with one attached hydrogen (secondary N) is 1. The summed E-state index contributed by atoms with van der Waals surface area (Å²) in [7, 11) is 0. The van der Waals surface area contributed by atoms with Crippen molar-refractivity contribution in [2.24, 2.45) is 0 Å². The topological polar surface area (TPSA) is 75.6 Å². The van der Waals surface area contributed by atoms with Crippen molar-refractivity contribution in [2.45, 2.75) is 20.0 Å². The van der Waals surface area contributed by atoms with Gasteiger partial charge in [0.15, 0.2) is 6.10 Å². The van der Waals surface area contributed by atoms with Crippen molar-refractivity contribution in [3.63, 3.8) is 0 Å². The summed E-state index contributed by atoms with van der Waals surface area (Å²) < 4.78 is 6.06. The highest BCUT2D eigenvalue weighted by molar-refractivity contribution is 9.10. The summed E-state index contributed by atoms with van der Waals surface area (Å²) in [5, 5.41) is 11.6. The van der Waals surface area contributed by atoms with Crippen molar-refractivity contribution < 1.29 is 19.4 Å². The summed E-state index contributed by atoms with van der Waals surface area (Å²) in [4.78, 5) is 22.5. The van der Waals surface area contributed by atoms with Gasteiger partial charge in [0.1, 0.15) is 11.3 Å². The summed E-state index contributed by atoms with van der Waals surface area (Å²) >= 11 is 3.23. The van der Waals surface area contributed by atoms with Gasteiger partial charge in [-0.05, 0) is 32.0 Å².